The lowest BCUT2D eigenvalue weighted by atomic mass is 9.99. The van der Waals surface area contributed by atoms with Crippen molar-refractivity contribution in [1.82, 2.24) is 0 Å². The first-order valence-corrected chi connectivity index (χ1v) is 8.17. The van der Waals surface area contributed by atoms with Crippen molar-refractivity contribution < 1.29 is 44.5 Å². The summed E-state index contributed by atoms with van der Waals surface area (Å²) in [6.45, 7) is 0.691. The van der Waals surface area contributed by atoms with Crippen molar-refractivity contribution in [3.05, 3.63) is 0 Å². The second-order valence-corrected chi connectivity index (χ2v) is 5.78. The summed E-state index contributed by atoms with van der Waals surface area (Å²) in [6.07, 6.45) is -5.21. The Hall–Kier alpha value is -0.810. The van der Waals surface area contributed by atoms with E-state index in [1.165, 1.54) is 0 Å². The monoisotopic (exact) mass is 352 g/mol. The lowest BCUT2D eigenvalue weighted by Gasteiger charge is -2.40. The number of hydrogen-bond acceptors (Lipinski definition) is 9. The number of carbonyl (C=O) groups excluding carboxylic acids is 1. The van der Waals surface area contributed by atoms with Crippen LogP contribution in [0.1, 0.15) is 32.6 Å². The van der Waals surface area contributed by atoms with Crippen LogP contribution in [0.25, 0.3) is 0 Å². The van der Waals surface area contributed by atoms with Gasteiger partial charge in [-0.15, -0.1) is 0 Å². The van der Waals surface area contributed by atoms with Crippen LogP contribution in [0.2, 0.25) is 0 Å². The summed E-state index contributed by atoms with van der Waals surface area (Å²) in [7, 11) is 0. The van der Waals surface area contributed by atoms with Gasteiger partial charge in [0.25, 0.3) is 0 Å². The van der Waals surface area contributed by atoms with Gasteiger partial charge in [-0.2, -0.15) is 0 Å². The summed E-state index contributed by atoms with van der Waals surface area (Å²) in [5, 5.41) is 47.6. The molecule has 0 bridgehead atoms. The van der Waals surface area contributed by atoms with Crippen LogP contribution in [0.15, 0.2) is 0 Å². The van der Waals surface area contributed by atoms with E-state index in [0.29, 0.717) is 6.42 Å². The molecule has 9 nitrogen and oxygen atoms in total. The highest BCUT2D eigenvalue weighted by Gasteiger charge is 2.44. The predicted octanol–water partition coefficient (Wildman–Crippen LogP) is -1.71. The van der Waals surface area contributed by atoms with Crippen molar-refractivity contribution in [3.8, 4) is 0 Å². The molecule has 0 amide bonds. The number of esters is 1. The molecule has 0 aromatic rings. The number of unbranched alkanes of at least 4 members (excludes halogenated alkanes) is 2. The van der Waals surface area contributed by atoms with Crippen molar-refractivity contribution in [2.75, 3.05) is 19.8 Å². The van der Waals surface area contributed by atoms with Crippen molar-refractivity contribution >= 4 is 5.97 Å². The molecule has 0 aromatic heterocycles. The van der Waals surface area contributed by atoms with Crippen LogP contribution in [0, 0.1) is 0 Å². The predicted molar refractivity (Wildman–Crippen MR) is 80.8 cm³/mol. The van der Waals surface area contributed by atoms with Gasteiger partial charge in [-0.3, -0.25) is 4.79 Å². The van der Waals surface area contributed by atoms with Gasteiger partial charge in [-0.05, 0) is 6.42 Å². The first-order valence-electron chi connectivity index (χ1n) is 8.17. The minimum Gasteiger partial charge on any atom is -0.463 e. The standard InChI is InChI=1S/C15H28O9/c1-2-3-4-5-11(18)22-8-9(6-16)23-15-14(21)13(20)12(19)10(7-17)24-15/h9-10,12-17,19-21H,2-8H2,1H3/t9-,10-,12-,13+,14-,15+/m1/s1. The van der Waals surface area contributed by atoms with Gasteiger partial charge in [0.15, 0.2) is 6.29 Å². The Morgan fingerprint density at radius 3 is 2.42 bits per heavy atom. The third kappa shape index (κ3) is 6.25. The van der Waals surface area contributed by atoms with Crippen LogP contribution >= 0.6 is 0 Å². The highest BCUT2D eigenvalue weighted by molar-refractivity contribution is 5.69. The number of ether oxygens (including phenoxy) is 3. The van der Waals surface area contributed by atoms with E-state index in [2.05, 4.69) is 0 Å². The molecular formula is C15H28O9. The Morgan fingerprint density at radius 1 is 1.12 bits per heavy atom. The van der Waals surface area contributed by atoms with Gasteiger partial charge in [-0.25, -0.2) is 0 Å². The third-order valence-corrected chi connectivity index (χ3v) is 3.79. The van der Waals surface area contributed by atoms with Gasteiger partial charge in [0.05, 0.1) is 13.2 Å². The van der Waals surface area contributed by atoms with Gasteiger partial charge >= 0.3 is 5.97 Å². The molecule has 1 aliphatic rings. The van der Waals surface area contributed by atoms with E-state index >= 15 is 0 Å². The first-order chi connectivity index (χ1) is 11.4. The SMILES string of the molecule is CCCCCC(=O)OC[C@@H](CO)O[C@H]1O[C@H](CO)[C@@H](O)[C@H](O)[C@H]1O. The van der Waals surface area contributed by atoms with Gasteiger partial charge < -0.3 is 39.7 Å². The van der Waals surface area contributed by atoms with Gasteiger partial charge in [0, 0.05) is 6.42 Å². The second-order valence-electron chi connectivity index (χ2n) is 5.78. The van der Waals surface area contributed by atoms with Crippen molar-refractivity contribution in [2.24, 2.45) is 0 Å². The molecule has 1 aliphatic heterocycles. The molecule has 6 atom stereocenters. The van der Waals surface area contributed by atoms with E-state index in [4.69, 9.17) is 19.3 Å². The van der Waals surface area contributed by atoms with E-state index in [1.807, 2.05) is 6.92 Å². The molecule has 0 saturated carbocycles. The maximum Gasteiger partial charge on any atom is 0.305 e. The average Bonchev–Trinajstić information content (AvgIpc) is 2.58. The van der Waals surface area contributed by atoms with Crippen LogP contribution in [-0.2, 0) is 19.0 Å². The zero-order valence-corrected chi connectivity index (χ0v) is 13.8. The van der Waals surface area contributed by atoms with E-state index in [0.717, 1.165) is 12.8 Å². The molecule has 24 heavy (non-hydrogen) atoms. The lowest BCUT2D eigenvalue weighted by molar-refractivity contribution is -0.315. The molecule has 0 unspecified atom stereocenters. The summed E-state index contributed by atoms with van der Waals surface area (Å²) < 4.78 is 15.5. The largest absolute Gasteiger partial charge is 0.463 e. The average molecular weight is 352 g/mol. The summed E-state index contributed by atoms with van der Waals surface area (Å²) in [4.78, 5) is 11.5. The Labute approximate surface area is 140 Å². The Bertz CT molecular complexity index is 363. The van der Waals surface area contributed by atoms with Crippen molar-refractivity contribution in [1.29, 1.82) is 0 Å². The fourth-order valence-corrected chi connectivity index (χ4v) is 2.28. The molecule has 1 saturated heterocycles. The molecule has 0 aliphatic carbocycles. The molecule has 0 aromatic carbocycles. The van der Waals surface area contributed by atoms with E-state index in [1.54, 1.807) is 0 Å². The smallest absolute Gasteiger partial charge is 0.305 e. The Morgan fingerprint density at radius 2 is 1.83 bits per heavy atom. The quantitative estimate of drug-likeness (QED) is 0.229. The fourth-order valence-electron chi connectivity index (χ4n) is 2.28. The molecule has 1 rings (SSSR count). The fraction of sp³-hybridized carbons (Fsp3) is 0.933. The molecule has 142 valence electrons. The van der Waals surface area contributed by atoms with Crippen LogP contribution in [0.5, 0.6) is 0 Å². The lowest BCUT2D eigenvalue weighted by Crippen LogP contribution is -2.60. The highest BCUT2D eigenvalue weighted by Crippen LogP contribution is 2.23. The van der Waals surface area contributed by atoms with Gasteiger partial charge in [0.1, 0.15) is 37.1 Å². The normalized spacial score (nSPS) is 31.7. The summed E-state index contributed by atoms with van der Waals surface area (Å²) in [5.74, 6) is -0.417. The van der Waals surface area contributed by atoms with Crippen LogP contribution in [0.3, 0.4) is 0 Å². The molecule has 1 fully saturated rings. The van der Waals surface area contributed by atoms with E-state index in [9.17, 15) is 25.2 Å². The minimum atomic E-state index is -1.57. The second kappa shape index (κ2) is 10.9. The minimum absolute atomic E-state index is 0.240. The van der Waals surface area contributed by atoms with Crippen LogP contribution < -0.4 is 0 Å². The summed E-state index contributed by atoms with van der Waals surface area (Å²) in [5.41, 5.74) is 0. The topological polar surface area (TPSA) is 146 Å². The number of hydrogen-bond donors (Lipinski definition) is 5. The molecular weight excluding hydrogens is 324 g/mol. The van der Waals surface area contributed by atoms with E-state index < -0.39 is 56.0 Å². The summed E-state index contributed by atoms with van der Waals surface area (Å²) in [6, 6.07) is 0. The van der Waals surface area contributed by atoms with Crippen molar-refractivity contribution in [2.45, 2.75) is 69.4 Å². The molecule has 1 heterocycles. The highest BCUT2D eigenvalue weighted by atomic mass is 16.7. The number of aliphatic hydroxyl groups excluding tert-OH is 5. The molecule has 9 heteroatoms. The summed E-state index contributed by atoms with van der Waals surface area (Å²) >= 11 is 0. The number of carbonyl (C=O) groups is 1. The zero-order valence-electron chi connectivity index (χ0n) is 13.8. The molecule has 5 N–H and O–H groups in total. The number of rotatable bonds is 10. The van der Waals surface area contributed by atoms with Gasteiger partial charge in [0.2, 0.25) is 0 Å². The Balaban J connectivity index is 2.47. The van der Waals surface area contributed by atoms with Crippen LogP contribution in [0.4, 0.5) is 0 Å². The maximum absolute atomic E-state index is 11.5. The molecule has 0 radical (unpaired) electrons. The molecule has 0 spiro atoms. The number of aliphatic hydroxyl groups is 5. The Kier molecular flexibility index (Phi) is 9.67. The van der Waals surface area contributed by atoms with E-state index in [-0.39, 0.29) is 13.0 Å². The zero-order chi connectivity index (χ0) is 18.1. The first kappa shape index (κ1) is 21.2. The van der Waals surface area contributed by atoms with Gasteiger partial charge in [-0.1, -0.05) is 19.8 Å². The third-order valence-electron chi connectivity index (χ3n) is 3.79. The van der Waals surface area contributed by atoms with Crippen LogP contribution in [-0.4, -0.2) is 88.1 Å². The van der Waals surface area contributed by atoms with Crippen molar-refractivity contribution in [3.63, 3.8) is 0 Å². The maximum atomic E-state index is 11.5.